The van der Waals surface area contributed by atoms with E-state index >= 15 is 0 Å². The third-order valence-corrected chi connectivity index (χ3v) is 4.37. The maximum absolute atomic E-state index is 12.3. The average Bonchev–Trinajstić information content (AvgIpc) is 2.91. The van der Waals surface area contributed by atoms with E-state index in [2.05, 4.69) is 10.5 Å². The number of amides is 1. The molecule has 0 fully saturated rings. The SMILES string of the molecule is Cc1noc(C)c1C(C)CC(=O)NCC(CCO)c1ccccc1. The molecule has 2 atom stereocenters. The lowest BCUT2D eigenvalue weighted by Crippen LogP contribution is -2.29. The number of hydrogen-bond acceptors (Lipinski definition) is 4. The molecular weight excluding hydrogens is 304 g/mol. The minimum absolute atomic E-state index is 0.00127. The first-order valence-electron chi connectivity index (χ1n) is 8.38. The number of rotatable bonds is 8. The molecule has 0 aliphatic rings. The van der Waals surface area contributed by atoms with Gasteiger partial charge in [-0.25, -0.2) is 0 Å². The largest absolute Gasteiger partial charge is 0.396 e. The van der Waals surface area contributed by atoms with E-state index in [1.807, 2.05) is 51.1 Å². The molecule has 1 aromatic carbocycles. The van der Waals surface area contributed by atoms with Gasteiger partial charge in [-0.3, -0.25) is 4.79 Å². The molecule has 5 nitrogen and oxygen atoms in total. The van der Waals surface area contributed by atoms with Crippen LogP contribution in [-0.4, -0.2) is 29.3 Å². The summed E-state index contributed by atoms with van der Waals surface area (Å²) in [5.41, 5.74) is 2.99. The molecule has 130 valence electrons. The zero-order valence-corrected chi connectivity index (χ0v) is 14.6. The summed E-state index contributed by atoms with van der Waals surface area (Å²) in [6, 6.07) is 9.96. The Morgan fingerprint density at radius 1 is 1.29 bits per heavy atom. The molecule has 24 heavy (non-hydrogen) atoms. The number of nitrogens with zero attached hydrogens (tertiary/aromatic N) is 1. The van der Waals surface area contributed by atoms with Crippen molar-refractivity contribution in [2.24, 2.45) is 0 Å². The van der Waals surface area contributed by atoms with Gasteiger partial charge in [0.1, 0.15) is 5.76 Å². The van der Waals surface area contributed by atoms with Gasteiger partial charge in [-0.1, -0.05) is 42.4 Å². The summed E-state index contributed by atoms with van der Waals surface area (Å²) in [5, 5.41) is 16.2. The van der Waals surface area contributed by atoms with Crippen LogP contribution in [0.25, 0.3) is 0 Å². The van der Waals surface area contributed by atoms with Gasteiger partial charge < -0.3 is 14.9 Å². The Labute approximate surface area is 143 Å². The highest BCUT2D eigenvalue weighted by Crippen LogP contribution is 2.26. The Hall–Kier alpha value is -2.14. The number of carbonyl (C=O) groups excluding carboxylic acids is 1. The van der Waals surface area contributed by atoms with Crippen molar-refractivity contribution in [1.29, 1.82) is 0 Å². The van der Waals surface area contributed by atoms with Crippen LogP contribution in [-0.2, 0) is 4.79 Å². The maximum atomic E-state index is 12.3. The first-order valence-corrected chi connectivity index (χ1v) is 8.38. The average molecular weight is 330 g/mol. The second-order valence-corrected chi connectivity index (χ2v) is 6.27. The third-order valence-electron chi connectivity index (χ3n) is 4.37. The summed E-state index contributed by atoms with van der Waals surface area (Å²) in [7, 11) is 0. The fourth-order valence-electron chi connectivity index (χ4n) is 3.15. The van der Waals surface area contributed by atoms with Crippen LogP contribution in [0.15, 0.2) is 34.9 Å². The Balaban J connectivity index is 1.91. The van der Waals surface area contributed by atoms with E-state index in [-0.39, 0.29) is 24.3 Å². The minimum Gasteiger partial charge on any atom is -0.396 e. The van der Waals surface area contributed by atoms with E-state index in [0.717, 1.165) is 22.6 Å². The highest BCUT2D eigenvalue weighted by molar-refractivity contribution is 5.77. The lowest BCUT2D eigenvalue weighted by Gasteiger charge is -2.18. The summed E-state index contributed by atoms with van der Waals surface area (Å²) in [6.07, 6.45) is 1.02. The zero-order valence-electron chi connectivity index (χ0n) is 14.6. The van der Waals surface area contributed by atoms with Crippen LogP contribution in [0.4, 0.5) is 0 Å². The molecule has 1 aromatic heterocycles. The van der Waals surface area contributed by atoms with Crippen LogP contribution in [0.2, 0.25) is 0 Å². The van der Waals surface area contributed by atoms with Gasteiger partial charge in [0.2, 0.25) is 5.91 Å². The first-order chi connectivity index (χ1) is 11.5. The van der Waals surface area contributed by atoms with Crippen LogP contribution < -0.4 is 5.32 Å². The van der Waals surface area contributed by atoms with Gasteiger partial charge in [0.05, 0.1) is 5.69 Å². The van der Waals surface area contributed by atoms with Crippen molar-refractivity contribution >= 4 is 5.91 Å². The fraction of sp³-hybridized carbons (Fsp3) is 0.474. The molecule has 0 aliphatic heterocycles. The molecular formula is C19H26N2O3. The predicted molar refractivity (Wildman–Crippen MR) is 92.9 cm³/mol. The molecule has 0 saturated carbocycles. The topological polar surface area (TPSA) is 75.4 Å². The Bertz CT molecular complexity index is 632. The van der Waals surface area contributed by atoms with Crippen molar-refractivity contribution in [2.45, 2.75) is 45.4 Å². The summed E-state index contributed by atoms with van der Waals surface area (Å²) in [4.78, 5) is 12.3. The fourth-order valence-corrected chi connectivity index (χ4v) is 3.15. The summed E-state index contributed by atoms with van der Waals surface area (Å²) in [5.74, 6) is 0.954. The van der Waals surface area contributed by atoms with Crippen molar-refractivity contribution < 1.29 is 14.4 Å². The number of aliphatic hydroxyl groups is 1. The van der Waals surface area contributed by atoms with Crippen molar-refractivity contribution in [3.8, 4) is 0 Å². The lowest BCUT2D eigenvalue weighted by atomic mass is 9.94. The van der Waals surface area contributed by atoms with E-state index in [9.17, 15) is 9.90 Å². The highest BCUT2D eigenvalue weighted by atomic mass is 16.5. The van der Waals surface area contributed by atoms with E-state index < -0.39 is 0 Å². The maximum Gasteiger partial charge on any atom is 0.220 e. The normalized spacial score (nSPS) is 13.5. The Kier molecular flexibility index (Phi) is 6.55. The number of hydrogen-bond donors (Lipinski definition) is 2. The number of carbonyl (C=O) groups is 1. The molecule has 5 heteroatoms. The van der Waals surface area contributed by atoms with Crippen LogP contribution in [0.5, 0.6) is 0 Å². The van der Waals surface area contributed by atoms with Gasteiger partial charge in [-0.15, -0.1) is 0 Å². The van der Waals surface area contributed by atoms with Gasteiger partial charge in [0.15, 0.2) is 0 Å². The molecule has 2 aromatic rings. The van der Waals surface area contributed by atoms with Gasteiger partial charge in [-0.2, -0.15) is 0 Å². The summed E-state index contributed by atoms with van der Waals surface area (Å²) < 4.78 is 5.18. The molecule has 2 unspecified atom stereocenters. The summed E-state index contributed by atoms with van der Waals surface area (Å²) in [6.45, 7) is 6.40. The van der Waals surface area contributed by atoms with Crippen LogP contribution in [0, 0.1) is 13.8 Å². The number of aliphatic hydroxyl groups excluding tert-OH is 1. The van der Waals surface area contributed by atoms with E-state index in [1.54, 1.807) is 0 Å². The molecule has 0 aliphatic carbocycles. The standard InChI is InChI=1S/C19H26N2O3/c1-13(19-14(2)21-24-15(19)3)11-18(23)20-12-17(9-10-22)16-7-5-4-6-8-16/h4-8,13,17,22H,9-12H2,1-3H3,(H,20,23). The van der Waals surface area contributed by atoms with Crippen LogP contribution in [0.3, 0.4) is 0 Å². The number of nitrogens with one attached hydrogen (secondary N) is 1. The monoisotopic (exact) mass is 330 g/mol. The number of aromatic nitrogens is 1. The number of aryl methyl sites for hydroxylation is 2. The van der Waals surface area contributed by atoms with Crippen LogP contribution in [0.1, 0.15) is 54.2 Å². The van der Waals surface area contributed by atoms with Crippen molar-refractivity contribution in [3.05, 3.63) is 52.9 Å². The second-order valence-electron chi connectivity index (χ2n) is 6.27. The quantitative estimate of drug-likeness (QED) is 0.780. The Morgan fingerprint density at radius 3 is 2.58 bits per heavy atom. The van der Waals surface area contributed by atoms with Crippen molar-refractivity contribution in [2.75, 3.05) is 13.2 Å². The Morgan fingerprint density at radius 2 is 2.00 bits per heavy atom. The predicted octanol–water partition coefficient (Wildman–Crippen LogP) is 3.07. The van der Waals surface area contributed by atoms with E-state index in [4.69, 9.17) is 4.52 Å². The molecule has 2 N–H and O–H groups in total. The van der Waals surface area contributed by atoms with E-state index in [0.29, 0.717) is 19.4 Å². The molecule has 0 spiro atoms. The third kappa shape index (κ3) is 4.68. The highest BCUT2D eigenvalue weighted by Gasteiger charge is 2.20. The molecule has 0 radical (unpaired) electrons. The molecule has 0 bridgehead atoms. The smallest absolute Gasteiger partial charge is 0.220 e. The summed E-state index contributed by atoms with van der Waals surface area (Å²) >= 11 is 0. The molecule has 2 rings (SSSR count). The number of benzene rings is 1. The molecule has 0 saturated heterocycles. The van der Waals surface area contributed by atoms with E-state index in [1.165, 1.54) is 0 Å². The second kappa shape index (κ2) is 8.64. The van der Waals surface area contributed by atoms with Gasteiger partial charge in [0, 0.05) is 31.1 Å². The first kappa shape index (κ1) is 18.2. The van der Waals surface area contributed by atoms with Crippen molar-refractivity contribution in [3.63, 3.8) is 0 Å². The van der Waals surface area contributed by atoms with Gasteiger partial charge in [0.25, 0.3) is 0 Å². The van der Waals surface area contributed by atoms with Gasteiger partial charge >= 0.3 is 0 Å². The van der Waals surface area contributed by atoms with Crippen molar-refractivity contribution in [1.82, 2.24) is 10.5 Å². The molecule has 1 amide bonds. The molecule has 1 heterocycles. The van der Waals surface area contributed by atoms with Gasteiger partial charge in [-0.05, 0) is 31.7 Å². The lowest BCUT2D eigenvalue weighted by molar-refractivity contribution is -0.121. The zero-order chi connectivity index (χ0) is 17.5. The van der Waals surface area contributed by atoms with Crippen LogP contribution >= 0.6 is 0 Å². The minimum atomic E-state index is 0.00127.